The lowest BCUT2D eigenvalue weighted by Crippen LogP contribution is -2.41. The molecule has 98 valence electrons. The van der Waals surface area contributed by atoms with Gasteiger partial charge in [0, 0.05) is 19.1 Å². The summed E-state index contributed by atoms with van der Waals surface area (Å²) < 4.78 is 5.05. The van der Waals surface area contributed by atoms with Gasteiger partial charge in [0.2, 0.25) is 0 Å². The number of esters is 1. The molecule has 0 spiro atoms. The van der Waals surface area contributed by atoms with E-state index in [1.807, 2.05) is 14.0 Å². The van der Waals surface area contributed by atoms with Crippen LogP contribution >= 0.6 is 0 Å². The van der Waals surface area contributed by atoms with E-state index < -0.39 is 0 Å². The Morgan fingerprint density at radius 3 is 2.88 bits per heavy atom. The van der Waals surface area contributed by atoms with E-state index >= 15 is 0 Å². The number of carbonyl (C=O) groups excluding carboxylic acids is 1. The number of fused-ring (bicyclic) bond motifs is 2. The van der Waals surface area contributed by atoms with Crippen LogP contribution in [0, 0.1) is 5.92 Å². The van der Waals surface area contributed by atoms with Gasteiger partial charge in [-0.3, -0.25) is 4.79 Å². The number of nitrogens with zero attached hydrogens (tertiary/aromatic N) is 1. The molecule has 1 N–H and O–H groups in total. The lowest BCUT2D eigenvalue weighted by atomic mass is 10.1. The predicted molar refractivity (Wildman–Crippen MR) is 66.8 cm³/mol. The molecule has 1 saturated carbocycles. The van der Waals surface area contributed by atoms with Crippen molar-refractivity contribution in [2.24, 2.45) is 5.92 Å². The quantitative estimate of drug-likeness (QED) is 0.704. The minimum Gasteiger partial charge on any atom is -0.465 e. The summed E-state index contributed by atoms with van der Waals surface area (Å²) in [5, 5.41) is 3.05. The first-order chi connectivity index (χ1) is 8.24. The number of rotatable bonds is 6. The number of likely N-dealkylation sites (N-methyl/N-ethyl adjacent to an activating group) is 1. The van der Waals surface area contributed by atoms with Crippen LogP contribution in [-0.2, 0) is 9.53 Å². The Hall–Kier alpha value is -0.610. The van der Waals surface area contributed by atoms with Crippen molar-refractivity contribution in [3.63, 3.8) is 0 Å². The normalized spacial score (nSPS) is 29.5. The summed E-state index contributed by atoms with van der Waals surface area (Å²) in [6.07, 6.45) is 5.00. The zero-order valence-corrected chi connectivity index (χ0v) is 10.9. The Kier molecular flexibility index (Phi) is 4.40. The molecule has 0 aromatic carbocycles. The molecular formula is C13H24N2O2. The van der Waals surface area contributed by atoms with Gasteiger partial charge in [-0.05, 0) is 45.6 Å². The highest BCUT2D eigenvalue weighted by Crippen LogP contribution is 2.37. The van der Waals surface area contributed by atoms with Gasteiger partial charge in [-0.25, -0.2) is 0 Å². The van der Waals surface area contributed by atoms with Gasteiger partial charge in [0.25, 0.3) is 0 Å². The van der Waals surface area contributed by atoms with Crippen molar-refractivity contribution in [2.75, 3.05) is 26.7 Å². The molecule has 1 aliphatic heterocycles. The van der Waals surface area contributed by atoms with E-state index in [0.29, 0.717) is 6.61 Å². The van der Waals surface area contributed by atoms with Gasteiger partial charge < -0.3 is 15.0 Å². The van der Waals surface area contributed by atoms with Crippen LogP contribution in [0.5, 0.6) is 0 Å². The van der Waals surface area contributed by atoms with Crippen molar-refractivity contribution in [3.8, 4) is 0 Å². The Labute approximate surface area is 104 Å². The van der Waals surface area contributed by atoms with Gasteiger partial charge in [-0.2, -0.15) is 0 Å². The van der Waals surface area contributed by atoms with Crippen LogP contribution in [0.1, 0.15) is 32.6 Å². The Bertz CT molecular complexity index is 270. The first-order valence-corrected chi connectivity index (χ1v) is 6.82. The standard InChI is InChI=1S/C13H24N2O2/c1-3-17-13(16)12(14-2)6-7-15-9-10-4-5-11(15)8-10/h10-12,14H,3-9H2,1-2H3. The van der Waals surface area contributed by atoms with Gasteiger partial charge >= 0.3 is 5.97 Å². The highest BCUT2D eigenvalue weighted by atomic mass is 16.5. The minimum atomic E-state index is -0.144. The topological polar surface area (TPSA) is 41.6 Å². The number of ether oxygens (including phenoxy) is 1. The fourth-order valence-electron chi connectivity index (χ4n) is 3.22. The number of piperidine rings is 1. The number of likely N-dealkylation sites (tertiary alicyclic amines) is 1. The molecule has 1 aliphatic carbocycles. The minimum absolute atomic E-state index is 0.112. The monoisotopic (exact) mass is 240 g/mol. The summed E-state index contributed by atoms with van der Waals surface area (Å²) in [7, 11) is 1.83. The molecule has 2 rings (SSSR count). The number of hydrogen-bond donors (Lipinski definition) is 1. The van der Waals surface area contributed by atoms with Gasteiger partial charge in [0.15, 0.2) is 0 Å². The van der Waals surface area contributed by atoms with Crippen molar-refractivity contribution < 1.29 is 9.53 Å². The van der Waals surface area contributed by atoms with Crippen molar-refractivity contribution in [1.29, 1.82) is 0 Å². The molecule has 2 bridgehead atoms. The summed E-state index contributed by atoms with van der Waals surface area (Å²) >= 11 is 0. The molecule has 1 heterocycles. The van der Waals surface area contributed by atoms with Gasteiger partial charge in [0.05, 0.1) is 6.61 Å². The van der Waals surface area contributed by atoms with E-state index in [-0.39, 0.29) is 12.0 Å². The third-order valence-corrected chi connectivity index (χ3v) is 4.15. The molecule has 0 radical (unpaired) electrons. The highest BCUT2D eigenvalue weighted by molar-refractivity contribution is 5.75. The lowest BCUT2D eigenvalue weighted by Gasteiger charge is -2.28. The summed E-state index contributed by atoms with van der Waals surface area (Å²) in [5.41, 5.74) is 0. The highest BCUT2D eigenvalue weighted by Gasteiger charge is 2.37. The van der Waals surface area contributed by atoms with Crippen molar-refractivity contribution >= 4 is 5.97 Å². The zero-order chi connectivity index (χ0) is 12.3. The molecule has 2 fully saturated rings. The van der Waals surface area contributed by atoms with Crippen LogP contribution in [0.2, 0.25) is 0 Å². The molecule has 0 aromatic heterocycles. The second-order valence-electron chi connectivity index (χ2n) is 5.21. The van der Waals surface area contributed by atoms with Crippen LogP contribution in [0.15, 0.2) is 0 Å². The molecule has 0 amide bonds. The number of hydrogen-bond acceptors (Lipinski definition) is 4. The van der Waals surface area contributed by atoms with E-state index in [1.54, 1.807) is 0 Å². The van der Waals surface area contributed by atoms with Crippen LogP contribution in [0.3, 0.4) is 0 Å². The van der Waals surface area contributed by atoms with E-state index in [9.17, 15) is 4.79 Å². The summed E-state index contributed by atoms with van der Waals surface area (Å²) in [6, 6.07) is 0.647. The molecule has 3 atom stereocenters. The molecule has 3 unspecified atom stereocenters. The molecule has 4 heteroatoms. The summed E-state index contributed by atoms with van der Waals surface area (Å²) in [5.74, 6) is 0.815. The average molecular weight is 240 g/mol. The SMILES string of the molecule is CCOC(=O)C(CCN1CC2CCC1C2)NC. The second-order valence-corrected chi connectivity index (χ2v) is 5.21. The van der Waals surface area contributed by atoms with Crippen molar-refractivity contribution in [2.45, 2.75) is 44.7 Å². The Morgan fingerprint density at radius 1 is 1.53 bits per heavy atom. The fourth-order valence-corrected chi connectivity index (χ4v) is 3.22. The largest absolute Gasteiger partial charge is 0.465 e. The van der Waals surface area contributed by atoms with E-state index in [2.05, 4.69) is 10.2 Å². The molecule has 2 aliphatic rings. The van der Waals surface area contributed by atoms with Gasteiger partial charge in [0.1, 0.15) is 6.04 Å². The van der Waals surface area contributed by atoms with Crippen molar-refractivity contribution in [1.82, 2.24) is 10.2 Å². The zero-order valence-electron chi connectivity index (χ0n) is 10.9. The number of carbonyl (C=O) groups is 1. The first kappa shape index (κ1) is 12.8. The maximum atomic E-state index is 11.6. The molecule has 1 saturated heterocycles. The maximum absolute atomic E-state index is 11.6. The van der Waals surface area contributed by atoms with Crippen LogP contribution < -0.4 is 5.32 Å². The van der Waals surface area contributed by atoms with Gasteiger partial charge in [-0.15, -0.1) is 0 Å². The van der Waals surface area contributed by atoms with E-state index in [1.165, 1.54) is 25.8 Å². The molecule has 4 nitrogen and oxygen atoms in total. The Morgan fingerprint density at radius 2 is 2.35 bits per heavy atom. The van der Waals surface area contributed by atoms with Crippen molar-refractivity contribution in [3.05, 3.63) is 0 Å². The smallest absolute Gasteiger partial charge is 0.323 e. The van der Waals surface area contributed by atoms with E-state index in [0.717, 1.165) is 24.9 Å². The lowest BCUT2D eigenvalue weighted by molar-refractivity contribution is -0.145. The maximum Gasteiger partial charge on any atom is 0.323 e. The molecule has 0 aromatic rings. The van der Waals surface area contributed by atoms with Gasteiger partial charge in [-0.1, -0.05) is 0 Å². The average Bonchev–Trinajstić information content (AvgIpc) is 2.92. The summed E-state index contributed by atoms with van der Waals surface area (Å²) in [4.78, 5) is 14.2. The van der Waals surface area contributed by atoms with E-state index in [4.69, 9.17) is 4.74 Å². The Balaban J connectivity index is 1.74. The summed E-state index contributed by atoms with van der Waals surface area (Å²) in [6.45, 7) is 4.57. The third-order valence-electron chi connectivity index (χ3n) is 4.15. The first-order valence-electron chi connectivity index (χ1n) is 6.82. The predicted octanol–water partition coefficient (Wildman–Crippen LogP) is 1.01. The number of nitrogens with one attached hydrogen (secondary N) is 1. The second kappa shape index (κ2) is 5.83. The molecular weight excluding hydrogens is 216 g/mol. The molecule has 17 heavy (non-hydrogen) atoms. The van der Waals surface area contributed by atoms with Crippen LogP contribution in [0.4, 0.5) is 0 Å². The van der Waals surface area contributed by atoms with Crippen LogP contribution in [0.25, 0.3) is 0 Å². The fraction of sp³-hybridized carbons (Fsp3) is 0.923. The van der Waals surface area contributed by atoms with Crippen LogP contribution in [-0.4, -0.2) is 49.7 Å². The third kappa shape index (κ3) is 2.99.